The fourth-order valence-corrected chi connectivity index (χ4v) is 1.87. The summed E-state index contributed by atoms with van der Waals surface area (Å²) in [6, 6.07) is 2.99. The quantitative estimate of drug-likeness (QED) is 0.781. The highest BCUT2D eigenvalue weighted by Crippen LogP contribution is 2.22. The molecule has 1 atom stereocenters. The number of benzene rings is 1. The average Bonchev–Trinajstić information content (AvgIpc) is 2.15. The Morgan fingerprint density at radius 3 is 2.44 bits per heavy atom. The number of nitrogens with two attached hydrogens (primary N) is 2. The SMILES string of the molecule is CC(N)c1cc(F)c(S(N)(=O)=O)cc1C#N. The molecule has 0 spiro atoms. The number of nitriles is 1. The number of nitrogens with zero attached hydrogens (tertiary/aromatic N) is 1. The topological polar surface area (TPSA) is 110 Å². The fourth-order valence-electron chi connectivity index (χ4n) is 1.26. The smallest absolute Gasteiger partial charge is 0.241 e. The van der Waals surface area contributed by atoms with E-state index in [1.54, 1.807) is 13.0 Å². The summed E-state index contributed by atoms with van der Waals surface area (Å²) >= 11 is 0. The summed E-state index contributed by atoms with van der Waals surface area (Å²) in [7, 11) is -4.18. The summed E-state index contributed by atoms with van der Waals surface area (Å²) in [4.78, 5) is -0.701. The van der Waals surface area contributed by atoms with Gasteiger partial charge < -0.3 is 5.73 Å². The lowest BCUT2D eigenvalue weighted by Crippen LogP contribution is -2.16. The van der Waals surface area contributed by atoms with Crippen molar-refractivity contribution in [2.45, 2.75) is 17.9 Å². The van der Waals surface area contributed by atoms with Gasteiger partial charge in [0.25, 0.3) is 0 Å². The molecule has 0 radical (unpaired) electrons. The molecule has 4 N–H and O–H groups in total. The first-order valence-electron chi connectivity index (χ1n) is 4.29. The molecule has 0 aromatic heterocycles. The lowest BCUT2D eigenvalue weighted by molar-refractivity contribution is 0.565. The highest BCUT2D eigenvalue weighted by molar-refractivity contribution is 7.89. The van der Waals surface area contributed by atoms with Crippen molar-refractivity contribution in [3.63, 3.8) is 0 Å². The van der Waals surface area contributed by atoms with E-state index in [2.05, 4.69) is 0 Å². The van der Waals surface area contributed by atoms with E-state index in [1.165, 1.54) is 0 Å². The Hall–Kier alpha value is -1.49. The molecule has 0 aliphatic carbocycles. The van der Waals surface area contributed by atoms with Crippen LogP contribution >= 0.6 is 0 Å². The Bertz CT molecular complexity index is 561. The summed E-state index contributed by atoms with van der Waals surface area (Å²) < 4.78 is 35.4. The van der Waals surface area contributed by atoms with E-state index >= 15 is 0 Å². The largest absolute Gasteiger partial charge is 0.324 e. The van der Waals surface area contributed by atoms with E-state index in [0.29, 0.717) is 0 Å². The van der Waals surface area contributed by atoms with E-state index in [4.69, 9.17) is 16.1 Å². The van der Waals surface area contributed by atoms with Crippen LogP contribution in [0.1, 0.15) is 24.1 Å². The Kier molecular flexibility index (Phi) is 3.28. The van der Waals surface area contributed by atoms with Crippen molar-refractivity contribution in [1.29, 1.82) is 5.26 Å². The first-order chi connectivity index (χ1) is 7.27. The number of hydrogen-bond acceptors (Lipinski definition) is 4. The minimum atomic E-state index is -4.18. The Labute approximate surface area is 92.5 Å². The molecule has 86 valence electrons. The van der Waals surface area contributed by atoms with Gasteiger partial charge in [-0.1, -0.05) is 0 Å². The van der Waals surface area contributed by atoms with Crippen LogP contribution in [0.5, 0.6) is 0 Å². The van der Waals surface area contributed by atoms with Crippen LogP contribution in [0.4, 0.5) is 4.39 Å². The molecular weight excluding hydrogens is 233 g/mol. The van der Waals surface area contributed by atoms with Crippen LogP contribution in [0.15, 0.2) is 17.0 Å². The number of sulfonamides is 1. The number of hydrogen-bond donors (Lipinski definition) is 2. The maximum Gasteiger partial charge on any atom is 0.241 e. The third kappa shape index (κ3) is 2.36. The van der Waals surface area contributed by atoms with Gasteiger partial charge in [0.05, 0.1) is 11.6 Å². The second-order valence-electron chi connectivity index (χ2n) is 3.32. The van der Waals surface area contributed by atoms with Gasteiger partial charge in [-0.3, -0.25) is 0 Å². The molecule has 0 aliphatic rings. The summed E-state index contributed by atoms with van der Waals surface area (Å²) in [5, 5.41) is 13.6. The molecule has 1 rings (SSSR count). The van der Waals surface area contributed by atoms with Crippen LogP contribution in [0, 0.1) is 17.1 Å². The van der Waals surface area contributed by atoms with Crippen molar-refractivity contribution in [2.24, 2.45) is 10.9 Å². The minimum absolute atomic E-state index is 0.000394. The number of halogens is 1. The zero-order valence-electron chi connectivity index (χ0n) is 8.44. The highest BCUT2D eigenvalue weighted by Gasteiger charge is 2.19. The summed E-state index contributed by atoms with van der Waals surface area (Å²) in [6.07, 6.45) is 0. The van der Waals surface area contributed by atoms with Crippen LogP contribution in [0.3, 0.4) is 0 Å². The average molecular weight is 243 g/mol. The normalized spacial score (nSPS) is 13.2. The van der Waals surface area contributed by atoms with Gasteiger partial charge in [-0.2, -0.15) is 5.26 Å². The van der Waals surface area contributed by atoms with Gasteiger partial charge >= 0.3 is 0 Å². The lowest BCUT2D eigenvalue weighted by atomic mass is 10.0. The van der Waals surface area contributed by atoms with Crippen molar-refractivity contribution in [3.8, 4) is 6.07 Å². The van der Waals surface area contributed by atoms with Crippen LogP contribution in [0.25, 0.3) is 0 Å². The minimum Gasteiger partial charge on any atom is -0.324 e. The molecule has 0 saturated carbocycles. The number of rotatable bonds is 2. The molecule has 0 aliphatic heterocycles. The van der Waals surface area contributed by atoms with E-state index in [0.717, 1.165) is 12.1 Å². The third-order valence-electron chi connectivity index (χ3n) is 2.02. The molecule has 0 fully saturated rings. The van der Waals surface area contributed by atoms with Crippen molar-refractivity contribution >= 4 is 10.0 Å². The van der Waals surface area contributed by atoms with Gasteiger partial charge in [0.1, 0.15) is 10.7 Å². The molecule has 0 bridgehead atoms. The van der Waals surface area contributed by atoms with Crippen molar-refractivity contribution < 1.29 is 12.8 Å². The molecule has 1 aromatic rings. The zero-order valence-corrected chi connectivity index (χ0v) is 9.25. The highest BCUT2D eigenvalue weighted by atomic mass is 32.2. The molecule has 5 nitrogen and oxygen atoms in total. The van der Waals surface area contributed by atoms with Crippen LogP contribution in [-0.2, 0) is 10.0 Å². The van der Waals surface area contributed by atoms with Crippen molar-refractivity contribution in [1.82, 2.24) is 0 Å². The summed E-state index contributed by atoms with van der Waals surface area (Å²) in [5.74, 6) is -1.01. The van der Waals surface area contributed by atoms with E-state index in [-0.39, 0.29) is 11.1 Å². The van der Waals surface area contributed by atoms with E-state index < -0.39 is 26.8 Å². The molecule has 16 heavy (non-hydrogen) atoms. The standard InChI is InChI=1S/C9H10FN3O2S/c1-5(12)7-3-8(10)9(16(13,14)15)2-6(7)4-11/h2-3,5H,12H2,1H3,(H2,13,14,15). The molecule has 0 heterocycles. The molecule has 0 saturated heterocycles. The molecule has 7 heteroatoms. The van der Waals surface area contributed by atoms with E-state index in [9.17, 15) is 12.8 Å². The first-order valence-corrected chi connectivity index (χ1v) is 5.84. The third-order valence-corrected chi connectivity index (χ3v) is 2.95. The van der Waals surface area contributed by atoms with Gasteiger partial charge in [0.15, 0.2) is 0 Å². The Morgan fingerprint density at radius 1 is 1.50 bits per heavy atom. The molecular formula is C9H10FN3O2S. The van der Waals surface area contributed by atoms with Gasteiger partial charge in [-0.15, -0.1) is 0 Å². The van der Waals surface area contributed by atoms with E-state index in [1.807, 2.05) is 0 Å². The molecule has 0 amide bonds. The summed E-state index contributed by atoms with van der Waals surface area (Å²) in [5.41, 5.74) is 5.76. The monoisotopic (exact) mass is 243 g/mol. The second kappa shape index (κ2) is 4.17. The van der Waals surface area contributed by atoms with Gasteiger partial charge in [0, 0.05) is 6.04 Å². The van der Waals surface area contributed by atoms with Crippen molar-refractivity contribution in [2.75, 3.05) is 0 Å². The Morgan fingerprint density at radius 2 is 2.06 bits per heavy atom. The van der Waals surface area contributed by atoms with Gasteiger partial charge in [-0.25, -0.2) is 17.9 Å². The van der Waals surface area contributed by atoms with Crippen LogP contribution in [0.2, 0.25) is 0 Å². The first kappa shape index (κ1) is 12.6. The fraction of sp³-hybridized carbons (Fsp3) is 0.222. The predicted octanol–water partition coefficient (Wildman–Crippen LogP) is 0.364. The molecule has 1 aromatic carbocycles. The van der Waals surface area contributed by atoms with Crippen LogP contribution < -0.4 is 10.9 Å². The van der Waals surface area contributed by atoms with Gasteiger partial charge in [0.2, 0.25) is 10.0 Å². The number of primary sulfonamides is 1. The lowest BCUT2D eigenvalue weighted by Gasteiger charge is -2.10. The maximum atomic E-state index is 13.4. The zero-order chi connectivity index (χ0) is 12.5. The maximum absolute atomic E-state index is 13.4. The molecule has 1 unspecified atom stereocenters. The predicted molar refractivity (Wildman–Crippen MR) is 55.1 cm³/mol. The second-order valence-corrected chi connectivity index (χ2v) is 4.85. The van der Waals surface area contributed by atoms with Crippen LogP contribution in [-0.4, -0.2) is 8.42 Å². The van der Waals surface area contributed by atoms with Gasteiger partial charge in [-0.05, 0) is 24.6 Å². The summed E-state index contributed by atoms with van der Waals surface area (Å²) in [6.45, 7) is 1.56. The van der Waals surface area contributed by atoms with Crippen molar-refractivity contribution in [3.05, 3.63) is 29.1 Å². The Balaban J connectivity index is 3.58.